The Hall–Kier alpha value is -2.44. The Morgan fingerprint density at radius 1 is 1.07 bits per heavy atom. The van der Waals surface area contributed by atoms with Gasteiger partial charge >= 0.3 is 0 Å². The third kappa shape index (κ3) is 1.21. The summed E-state index contributed by atoms with van der Waals surface area (Å²) in [6, 6.07) is 1.82. The first-order chi connectivity index (χ1) is 7.45. The summed E-state index contributed by atoms with van der Waals surface area (Å²) < 4.78 is 0. The van der Waals surface area contributed by atoms with Crippen LogP contribution in [0.15, 0.2) is 24.7 Å². The van der Waals surface area contributed by atoms with Crippen molar-refractivity contribution in [2.45, 2.75) is 0 Å². The number of nitrogens with one attached hydrogen (secondary N) is 3. The number of hydrogen-bond donors (Lipinski definition) is 3. The van der Waals surface area contributed by atoms with Gasteiger partial charge < -0.3 is 4.98 Å². The minimum absolute atomic E-state index is 0.671. The number of aromatic nitrogens is 7. The van der Waals surface area contributed by atoms with Crippen molar-refractivity contribution < 1.29 is 0 Å². The van der Waals surface area contributed by atoms with E-state index in [4.69, 9.17) is 0 Å². The molecule has 0 saturated heterocycles. The molecule has 0 aliphatic rings. The molecule has 3 aromatic rings. The lowest BCUT2D eigenvalue weighted by Crippen LogP contribution is -1.86. The topological polar surface area (TPSA) is 98.9 Å². The van der Waals surface area contributed by atoms with E-state index in [1.165, 1.54) is 0 Å². The largest absolute Gasteiger partial charge is 0.343 e. The van der Waals surface area contributed by atoms with Gasteiger partial charge in [-0.3, -0.25) is 5.10 Å². The SMILES string of the molecule is c1cc(-c2n[nH]nc2-c2ncc[nH]2)[nH]n1. The monoisotopic (exact) mass is 201 g/mol. The second kappa shape index (κ2) is 3.05. The summed E-state index contributed by atoms with van der Waals surface area (Å²) in [4.78, 5) is 7.09. The molecular weight excluding hydrogens is 194 g/mol. The third-order valence-corrected chi connectivity index (χ3v) is 2.03. The van der Waals surface area contributed by atoms with Crippen molar-refractivity contribution in [1.29, 1.82) is 0 Å². The van der Waals surface area contributed by atoms with Crippen molar-refractivity contribution in [3.8, 4) is 22.9 Å². The molecule has 0 atom stereocenters. The van der Waals surface area contributed by atoms with Gasteiger partial charge in [0.15, 0.2) is 11.5 Å². The number of H-pyrrole nitrogens is 3. The predicted molar refractivity (Wildman–Crippen MR) is 51.5 cm³/mol. The maximum Gasteiger partial charge on any atom is 0.160 e. The average molecular weight is 201 g/mol. The first-order valence-corrected chi connectivity index (χ1v) is 4.35. The van der Waals surface area contributed by atoms with E-state index >= 15 is 0 Å². The normalized spacial score (nSPS) is 10.7. The molecule has 0 aliphatic carbocycles. The zero-order valence-electron chi connectivity index (χ0n) is 7.60. The molecule has 0 saturated carbocycles. The number of imidazole rings is 1. The van der Waals surface area contributed by atoms with Crippen LogP contribution in [0.4, 0.5) is 0 Å². The number of nitrogens with zero attached hydrogens (tertiary/aromatic N) is 4. The van der Waals surface area contributed by atoms with Crippen molar-refractivity contribution in [1.82, 2.24) is 35.6 Å². The molecular formula is C8H7N7. The van der Waals surface area contributed by atoms with E-state index in [-0.39, 0.29) is 0 Å². The van der Waals surface area contributed by atoms with Crippen LogP contribution >= 0.6 is 0 Å². The van der Waals surface area contributed by atoms with Gasteiger partial charge in [-0.15, -0.1) is 0 Å². The van der Waals surface area contributed by atoms with Crippen molar-refractivity contribution in [2.24, 2.45) is 0 Å². The lowest BCUT2D eigenvalue weighted by molar-refractivity contribution is 0.939. The van der Waals surface area contributed by atoms with Crippen molar-refractivity contribution >= 4 is 0 Å². The molecule has 0 amide bonds. The van der Waals surface area contributed by atoms with E-state index in [0.29, 0.717) is 17.2 Å². The van der Waals surface area contributed by atoms with E-state index < -0.39 is 0 Å². The first kappa shape index (κ1) is 7.92. The summed E-state index contributed by atoms with van der Waals surface area (Å²) in [5, 5.41) is 17.3. The maximum atomic E-state index is 4.12. The molecule has 7 nitrogen and oxygen atoms in total. The van der Waals surface area contributed by atoms with Crippen molar-refractivity contribution in [3.05, 3.63) is 24.7 Å². The quantitative estimate of drug-likeness (QED) is 0.564. The fourth-order valence-electron chi connectivity index (χ4n) is 1.37. The van der Waals surface area contributed by atoms with Crippen LogP contribution in [-0.4, -0.2) is 35.6 Å². The minimum Gasteiger partial charge on any atom is -0.343 e. The van der Waals surface area contributed by atoms with Gasteiger partial charge in [0.2, 0.25) is 0 Å². The minimum atomic E-state index is 0.671. The third-order valence-electron chi connectivity index (χ3n) is 2.03. The standard InChI is InChI=1S/C8H7N7/c1-2-11-12-5(1)6-7(14-15-13-6)8-9-3-4-10-8/h1-4H,(H,9,10)(H,11,12)(H,13,14,15). The Morgan fingerprint density at radius 2 is 2.00 bits per heavy atom. The molecule has 3 N–H and O–H groups in total. The van der Waals surface area contributed by atoms with Gasteiger partial charge in [0.25, 0.3) is 0 Å². The highest BCUT2D eigenvalue weighted by Crippen LogP contribution is 2.23. The van der Waals surface area contributed by atoms with E-state index in [1.807, 2.05) is 6.07 Å². The lowest BCUT2D eigenvalue weighted by atomic mass is 10.2. The summed E-state index contributed by atoms with van der Waals surface area (Å²) >= 11 is 0. The molecule has 7 heteroatoms. The highest BCUT2D eigenvalue weighted by atomic mass is 15.3. The fourth-order valence-corrected chi connectivity index (χ4v) is 1.37. The molecule has 0 radical (unpaired) electrons. The molecule has 0 unspecified atom stereocenters. The van der Waals surface area contributed by atoms with Crippen LogP contribution in [0.2, 0.25) is 0 Å². The highest BCUT2D eigenvalue weighted by molar-refractivity contribution is 5.71. The van der Waals surface area contributed by atoms with Crippen LogP contribution < -0.4 is 0 Å². The molecule has 74 valence electrons. The summed E-state index contributed by atoms with van der Waals surface area (Å²) in [5.74, 6) is 0.674. The molecule has 0 aliphatic heterocycles. The number of hydrogen-bond acceptors (Lipinski definition) is 4. The van der Waals surface area contributed by atoms with Crippen LogP contribution in [0.5, 0.6) is 0 Å². The zero-order chi connectivity index (χ0) is 10.1. The lowest BCUT2D eigenvalue weighted by Gasteiger charge is -1.93. The molecule has 3 rings (SSSR count). The molecule has 3 aromatic heterocycles. The molecule has 0 spiro atoms. The van der Waals surface area contributed by atoms with Crippen LogP contribution in [0, 0.1) is 0 Å². The van der Waals surface area contributed by atoms with Gasteiger partial charge in [0.1, 0.15) is 5.69 Å². The van der Waals surface area contributed by atoms with Crippen LogP contribution in [0.3, 0.4) is 0 Å². The first-order valence-electron chi connectivity index (χ1n) is 4.35. The van der Waals surface area contributed by atoms with Gasteiger partial charge in [-0.2, -0.15) is 20.5 Å². The molecule has 3 heterocycles. The number of aromatic amines is 3. The summed E-state index contributed by atoms with van der Waals surface area (Å²) in [5.41, 5.74) is 2.17. The van der Waals surface area contributed by atoms with E-state index in [2.05, 4.69) is 35.6 Å². The van der Waals surface area contributed by atoms with Gasteiger partial charge in [-0.1, -0.05) is 0 Å². The Balaban J connectivity index is 2.15. The molecule has 0 bridgehead atoms. The highest BCUT2D eigenvalue weighted by Gasteiger charge is 2.14. The fraction of sp³-hybridized carbons (Fsp3) is 0. The zero-order valence-corrected chi connectivity index (χ0v) is 7.60. The van der Waals surface area contributed by atoms with Crippen LogP contribution in [0.25, 0.3) is 22.9 Å². The summed E-state index contributed by atoms with van der Waals surface area (Å²) in [7, 11) is 0. The molecule has 0 aromatic carbocycles. The maximum absolute atomic E-state index is 4.12. The Kier molecular flexibility index (Phi) is 1.61. The van der Waals surface area contributed by atoms with Crippen LogP contribution in [0.1, 0.15) is 0 Å². The summed E-state index contributed by atoms with van der Waals surface area (Å²) in [6.45, 7) is 0. The summed E-state index contributed by atoms with van der Waals surface area (Å²) in [6.07, 6.45) is 5.07. The number of rotatable bonds is 2. The predicted octanol–water partition coefficient (Wildman–Crippen LogP) is 0.585. The second-order valence-electron chi connectivity index (χ2n) is 2.93. The Labute approximate surface area is 84.0 Å². The van der Waals surface area contributed by atoms with E-state index in [0.717, 1.165) is 5.69 Å². The van der Waals surface area contributed by atoms with Gasteiger partial charge in [0.05, 0.1) is 5.69 Å². The van der Waals surface area contributed by atoms with Crippen molar-refractivity contribution in [2.75, 3.05) is 0 Å². The van der Waals surface area contributed by atoms with Gasteiger partial charge in [-0.25, -0.2) is 4.98 Å². The van der Waals surface area contributed by atoms with E-state index in [9.17, 15) is 0 Å². The average Bonchev–Trinajstić information content (AvgIpc) is 3.01. The Morgan fingerprint density at radius 3 is 2.73 bits per heavy atom. The van der Waals surface area contributed by atoms with E-state index in [1.54, 1.807) is 18.6 Å². The van der Waals surface area contributed by atoms with Gasteiger partial charge in [0, 0.05) is 18.6 Å². The molecule has 15 heavy (non-hydrogen) atoms. The smallest absolute Gasteiger partial charge is 0.160 e. The van der Waals surface area contributed by atoms with Gasteiger partial charge in [-0.05, 0) is 6.07 Å². The Bertz CT molecular complexity index is 485. The van der Waals surface area contributed by atoms with Crippen LogP contribution in [-0.2, 0) is 0 Å². The van der Waals surface area contributed by atoms with Crippen molar-refractivity contribution in [3.63, 3.8) is 0 Å². The molecule has 0 fully saturated rings. The second-order valence-corrected chi connectivity index (χ2v) is 2.93.